The Morgan fingerprint density at radius 2 is 0.429 bits per heavy atom. The maximum Gasteiger partial charge on any atom is 0 e. The molecule has 0 aromatic heterocycles. The molecule has 21 heavy (non-hydrogen) atoms. The van der Waals surface area contributed by atoms with Crippen molar-refractivity contribution in [3.8, 4) is 0 Å². The van der Waals surface area contributed by atoms with Crippen molar-refractivity contribution < 1.29 is 262 Å². The van der Waals surface area contributed by atoms with Gasteiger partial charge in [-0.1, -0.05) is 61.8 Å². The fourth-order valence-corrected chi connectivity index (χ4v) is 0. The fraction of sp³-hybridized carbons (Fsp3) is 0.769. The molecule has 0 amide bonds. The van der Waals surface area contributed by atoms with Crippen molar-refractivity contribution in [1.82, 2.24) is 0 Å². The summed E-state index contributed by atoms with van der Waals surface area (Å²) in [6.45, 7) is 21.2. The number of rotatable bonds is 0. The first-order chi connectivity index (χ1) is 5.41. The Morgan fingerprint density at radius 1 is 0.429 bits per heavy atom. The molecule has 0 aromatic carbocycles. The Bertz CT molecular complexity index is 20.1. The van der Waals surface area contributed by atoms with Crippen LogP contribution in [-0.4, -0.2) is 0 Å². The molecule has 0 fully saturated rings. The average molecular weight is 905 g/mol. The molecule has 0 bridgehead atoms. The average Bonchev–Trinajstić information content (AvgIpc) is 2.18. The Balaban J connectivity index is -0.00000000148. The second kappa shape index (κ2) is 231. The molecular formula is C13H37Y8-3. The Morgan fingerprint density at radius 3 is 0.429 bits per heavy atom. The summed E-state index contributed by atoms with van der Waals surface area (Å²) in [5.74, 6) is 0. The zero-order valence-electron chi connectivity index (χ0n) is 17.0. The molecule has 0 nitrogen and oxygen atoms in total. The third kappa shape index (κ3) is 266. The monoisotopic (exact) mass is 905 g/mol. The van der Waals surface area contributed by atoms with E-state index in [-0.39, 0.29) is 277 Å². The summed E-state index contributed by atoms with van der Waals surface area (Å²) in [4.78, 5) is 0. The predicted octanol–water partition coefficient (Wildman–Crippen LogP) is 6.22. The van der Waals surface area contributed by atoms with Crippen LogP contribution in [0.3, 0.4) is 0 Å². The molecule has 116 valence electrons. The first kappa shape index (κ1) is 113. The molecule has 0 heterocycles. The van der Waals surface area contributed by atoms with Crippen LogP contribution in [0.5, 0.6) is 0 Å². The SMILES string of the molecule is CC.CC.CC.CCC.[CH2-]C.[CH3-].[CH3-].[Y].[Y].[Y].[Y].[Y].[Y].[Y].[Y]. The van der Waals surface area contributed by atoms with Gasteiger partial charge in [-0.2, -0.15) is 6.92 Å². The van der Waals surface area contributed by atoms with Gasteiger partial charge >= 0.3 is 0 Å². The topological polar surface area (TPSA) is 0 Å². The molecule has 0 unspecified atom stereocenters. The van der Waals surface area contributed by atoms with Crippen molar-refractivity contribution >= 4 is 0 Å². The van der Waals surface area contributed by atoms with Crippen LogP contribution in [0.1, 0.15) is 68.7 Å². The molecule has 0 aliphatic carbocycles. The van der Waals surface area contributed by atoms with Crippen LogP contribution >= 0.6 is 0 Å². The molecule has 0 N–H and O–H groups in total. The third-order valence-electron chi connectivity index (χ3n) is 0. The van der Waals surface area contributed by atoms with Crippen LogP contribution in [0.4, 0.5) is 0 Å². The molecule has 8 heteroatoms. The van der Waals surface area contributed by atoms with Crippen molar-refractivity contribution in [3.63, 3.8) is 0 Å². The minimum atomic E-state index is 0. The number of hydrogen-bond acceptors (Lipinski definition) is 0. The van der Waals surface area contributed by atoms with Gasteiger partial charge in [0.25, 0.3) is 0 Å². The van der Waals surface area contributed by atoms with E-state index < -0.39 is 0 Å². The largest absolute Gasteiger partial charge is 0.358 e. The van der Waals surface area contributed by atoms with Gasteiger partial charge in [-0.3, -0.25) is 0 Å². The summed E-state index contributed by atoms with van der Waals surface area (Å²) in [6, 6.07) is 0. The standard InChI is InChI=1S/C3H8.3C2H6.C2H5.2CH3.8Y/c1-3-2;4*1-2;;;;;;;;;;/h3H2,1-2H3;3*1-2H3;1H2,2H3;2*1H3;;;;;;;;/q;;;;3*-1;;;;;;;;. The smallest absolute Gasteiger partial charge is 0 e. The van der Waals surface area contributed by atoms with E-state index in [9.17, 15) is 0 Å². The fourth-order valence-electron chi connectivity index (χ4n) is 0. The molecule has 0 spiro atoms. The van der Waals surface area contributed by atoms with E-state index in [4.69, 9.17) is 0 Å². The van der Waals surface area contributed by atoms with Crippen LogP contribution in [0.15, 0.2) is 0 Å². The van der Waals surface area contributed by atoms with Crippen molar-refractivity contribution in [1.29, 1.82) is 0 Å². The molecule has 0 rings (SSSR count). The molecule has 0 aromatic rings. The van der Waals surface area contributed by atoms with Crippen LogP contribution in [0, 0.1) is 21.8 Å². The molecule has 0 saturated carbocycles. The maximum absolute atomic E-state index is 3.25. The van der Waals surface area contributed by atoms with Crippen molar-refractivity contribution in [3.05, 3.63) is 21.8 Å². The van der Waals surface area contributed by atoms with Crippen molar-refractivity contribution in [2.75, 3.05) is 0 Å². The quantitative estimate of drug-likeness (QED) is 0.254. The van der Waals surface area contributed by atoms with Crippen LogP contribution in [0.25, 0.3) is 0 Å². The van der Waals surface area contributed by atoms with Gasteiger partial charge in [0.2, 0.25) is 0 Å². The van der Waals surface area contributed by atoms with Crippen molar-refractivity contribution in [2.45, 2.75) is 68.7 Å². The predicted molar refractivity (Wildman–Crippen MR) is 73.9 cm³/mol. The van der Waals surface area contributed by atoms with Gasteiger partial charge in [-0.05, 0) is 0 Å². The van der Waals surface area contributed by atoms with Gasteiger partial charge in [0.05, 0.1) is 0 Å². The van der Waals surface area contributed by atoms with Crippen LogP contribution < -0.4 is 0 Å². The normalized spacial score (nSPS) is 2.00. The van der Waals surface area contributed by atoms with Gasteiger partial charge in [-0.15, -0.1) is 0 Å². The molecule has 0 aliphatic rings. The second-order valence-electron chi connectivity index (χ2n) is 0.707. The maximum atomic E-state index is 3.25. The molecule has 0 saturated heterocycles. The molecule has 0 atom stereocenters. The summed E-state index contributed by atoms with van der Waals surface area (Å²) in [7, 11) is 0. The molecular weight excluding hydrogens is 867 g/mol. The van der Waals surface area contributed by atoms with E-state index in [0.29, 0.717) is 0 Å². The Labute approximate surface area is 342 Å². The van der Waals surface area contributed by atoms with Crippen molar-refractivity contribution in [2.24, 2.45) is 0 Å². The van der Waals surface area contributed by atoms with Gasteiger partial charge in [0.15, 0.2) is 0 Å². The minimum Gasteiger partial charge on any atom is -0.358 e. The first-order valence-electron chi connectivity index (χ1n) is 5.12. The summed E-state index contributed by atoms with van der Waals surface area (Å²) in [5.41, 5.74) is 0. The zero-order valence-corrected chi connectivity index (χ0v) is 39.7. The summed E-state index contributed by atoms with van der Waals surface area (Å²) in [5, 5.41) is 0. The summed E-state index contributed by atoms with van der Waals surface area (Å²) >= 11 is 0. The van der Waals surface area contributed by atoms with Gasteiger partial charge < -0.3 is 21.8 Å². The van der Waals surface area contributed by atoms with Crippen LogP contribution in [-0.2, 0) is 262 Å². The van der Waals surface area contributed by atoms with Gasteiger partial charge in [0, 0.05) is 262 Å². The Kier molecular flexibility index (Phi) is 1240. The van der Waals surface area contributed by atoms with E-state index in [0.717, 1.165) is 0 Å². The molecule has 0 aliphatic heterocycles. The zero-order chi connectivity index (χ0) is 10.7. The van der Waals surface area contributed by atoms with E-state index in [2.05, 4.69) is 20.8 Å². The minimum absolute atomic E-state index is 0. The summed E-state index contributed by atoms with van der Waals surface area (Å²) < 4.78 is 0. The first-order valence-corrected chi connectivity index (χ1v) is 5.12. The summed E-state index contributed by atoms with van der Waals surface area (Å²) in [6.07, 6.45) is 1.25. The Hall–Kier alpha value is 8.83. The van der Waals surface area contributed by atoms with E-state index in [1.54, 1.807) is 6.92 Å². The van der Waals surface area contributed by atoms with E-state index in [1.165, 1.54) is 6.42 Å². The van der Waals surface area contributed by atoms with Gasteiger partial charge in [-0.25, -0.2) is 0 Å². The van der Waals surface area contributed by atoms with E-state index >= 15 is 0 Å². The molecule has 8 radical (unpaired) electrons. The van der Waals surface area contributed by atoms with Gasteiger partial charge in [0.1, 0.15) is 0 Å². The van der Waals surface area contributed by atoms with Crippen LogP contribution in [0.2, 0.25) is 0 Å². The number of hydrogen-bond donors (Lipinski definition) is 0. The third-order valence-corrected chi connectivity index (χ3v) is 0. The van der Waals surface area contributed by atoms with E-state index in [1.807, 2.05) is 41.5 Å². The second-order valence-corrected chi connectivity index (χ2v) is 0.707.